The summed E-state index contributed by atoms with van der Waals surface area (Å²) in [4.78, 5) is 11.8. The van der Waals surface area contributed by atoms with Crippen molar-refractivity contribution >= 4 is 0 Å². The van der Waals surface area contributed by atoms with Crippen LogP contribution in [-0.2, 0) is 26.1 Å². The van der Waals surface area contributed by atoms with Gasteiger partial charge in [0.1, 0.15) is 11.4 Å². The second kappa shape index (κ2) is 7.64. The van der Waals surface area contributed by atoms with E-state index in [9.17, 15) is 4.79 Å². The van der Waals surface area contributed by atoms with Crippen molar-refractivity contribution in [2.45, 2.75) is 45.5 Å². The highest BCUT2D eigenvalue weighted by atomic mass is 16.5. The minimum Gasteiger partial charge on any atom is -0.487 e. The number of benzene rings is 2. The third kappa shape index (κ3) is 4.34. The lowest BCUT2D eigenvalue weighted by molar-refractivity contribution is 0.138. The Kier molecular flexibility index (Phi) is 5.05. The highest BCUT2D eigenvalue weighted by Crippen LogP contribution is 2.35. The van der Waals surface area contributed by atoms with E-state index in [1.807, 2.05) is 12.3 Å². The molecule has 2 aromatic carbocycles. The first-order valence-corrected chi connectivity index (χ1v) is 9.73. The van der Waals surface area contributed by atoms with Crippen LogP contribution in [0.25, 0.3) is 0 Å². The van der Waals surface area contributed by atoms with Crippen molar-refractivity contribution in [3.8, 4) is 5.75 Å². The zero-order valence-corrected chi connectivity index (χ0v) is 16.4. The number of fused-ring (bicyclic) bond motifs is 1. The molecular weight excluding hydrogens is 348 g/mol. The molecule has 4 rings (SSSR count). The highest BCUT2D eigenvalue weighted by Gasteiger charge is 2.29. The number of pyridine rings is 1. The van der Waals surface area contributed by atoms with Gasteiger partial charge in [-0.15, -0.1) is 0 Å². The molecule has 1 aliphatic rings. The lowest BCUT2D eigenvalue weighted by Gasteiger charge is -2.16. The maximum Gasteiger partial charge on any atom is 0.250 e. The summed E-state index contributed by atoms with van der Waals surface area (Å²) < 4.78 is 7.66. The van der Waals surface area contributed by atoms with Crippen molar-refractivity contribution in [1.29, 1.82) is 0 Å². The Bertz CT molecular complexity index is 1020. The molecule has 28 heavy (non-hydrogen) atoms. The van der Waals surface area contributed by atoms with Crippen LogP contribution in [0, 0.1) is 0 Å². The van der Waals surface area contributed by atoms with Crippen LogP contribution >= 0.6 is 0 Å². The second-order valence-corrected chi connectivity index (χ2v) is 8.07. The van der Waals surface area contributed by atoms with Crippen molar-refractivity contribution in [1.82, 2.24) is 9.88 Å². The minimum absolute atomic E-state index is 0.0244. The largest absolute Gasteiger partial charge is 0.487 e. The van der Waals surface area contributed by atoms with E-state index >= 15 is 0 Å². The van der Waals surface area contributed by atoms with E-state index in [1.165, 1.54) is 16.7 Å². The number of hydrogen-bond acceptors (Lipinski definition) is 3. The van der Waals surface area contributed by atoms with Crippen LogP contribution in [-0.4, -0.2) is 10.2 Å². The molecule has 0 fully saturated rings. The molecule has 0 unspecified atom stereocenters. The van der Waals surface area contributed by atoms with Gasteiger partial charge in [-0.1, -0.05) is 42.5 Å². The number of nitrogens with zero attached hydrogens (tertiary/aromatic N) is 1. The number of hydrogen-bond donors (Lipinski definition) is 1. The van der Waals surface area contributed by atoms with Gasteiger partial charge in [0.25, 0.3) is 5.56 Å². The van der Waals surface area contributed by atoms with Crippen LogP contribution < -0.4 is 15.6 Å². The summed E-state index contributed by atoms with van der Waals surface area (Å²) in [6.45, 7) is 6.49. The lowest BCUT2D eigenvalue weighted by atomic mass is 10.0. The van der Waals surface area contributed by atoms with Gasteiger partial charge in [0, 0.05) is 31.8 Å². The predicted octanol–water partition coefficient (Wildman–Crippen LogP) is 3.90. The van der Waals surface area contributed by atoms with E-state index in [2.05, 4.69) is 61.6 Å². The molecule has 4 nitrogen and oxygen atoms in total. The number of ether oxygens (including phenoxy) is 1. The molecule has 4 heteroatoms. The van der Waals surface area contributed by atoms with E-state index in [-0.39, 0.29) is 11.2 Å². The average molecular weight is 374 g/mol. The van der Waals surface area contributed by atoms with Crippen molar-refractivity contribution in [2.75, 3.05) is 0 Å². The summed E-state index contributed by atoms with van der Waals surface area (Å²) in [6, 6.07) is 20.1. The Hall–Kier alpha value is -2.85. The first kappa shape index (κ1) is 18.5. The molecule has 0 radical (unpaired) electrons. The smallest absolute Gasteiger partial charge is 0.250 e. The molecule has 0 aliphatic carbocycles. The summed E-state index contributed by atoms with van der Waals surface area (Å²) in [5.74, 6) is 1.02. The van der Waals surface area contributed by atoms with E-state index in [1.54, 1.807) is 16.7 Å². The monoisotopic (exact) mass is 374 g/mol. The third-order valence-corrected chi connectivity index (χ3v) is 5.06. The number of aromatic nitrogens is 1. The van der Waals surface area contributed by atoms with E-state index in [4.69, 9.17) is 4.74 Å². The second-order valence-electron chi connectivity index (χ2n) is 8.07. The van der Waals surface area contributed by atoms with Gasteiger partial charge in [0.05, 0.1) is 6.54 Å². The van der Waals surface area contributed by atoms with Crippen molar-refractivity contribution < 1.29 is 4.74 Å². The quantitative estimate of drug-likeness (QED) is 0.712. The Balaban J connectivity index is 1.31. The molecule has 1 N–H and O–H groups in total. The summed E-state index contributed by atoms with van der Waals surface area (Å²) >= 11 is 0. The average Bonchev–Trinajstić information content (AvgIpc) is 2.98. The lowest BCUT2D eigenvalue weighted by Crippen LogP contribution is -2.24. The normalized spacial score (nSPS) is 14.5. The SMILES string of the molecule is CC1(C)Cc2cc(CNCc3ccc(Cn4ccccc4=O)cc3)ccc2O1. The fourth-order valence-corrected chi connectivity index (χ4v) is 3.67. The molecule has 144 valence electrons. The zero-order valence-electron chi connectivity index (χ0n) is 16.4. The summed E-state index contributed by atoms with van der Waals surface area (Å²) in [7, 11) is 0. The highest BCUT2D eigenvalue weighted by molar-refractivity contribution is 5.41. The summed E-state index contributed by atoms with van der Waals surface area (Å²) in [5, 5.41) is 3.51. The molecule has 3 aromatic rings. The molecule has 1 aliphatic heterocycles. The Morgan fingerprint density at radius 1 is 0.964 bits per heavy atom. The molecule has 0 spiro atoms. The molecular formula is C24H26N2O2. The number of nitrogens with one attached hydrogen (secondary N) is 1. The first-order valence-electron chi connectivity index (χ1n) is 9.73. The van der Waals surface area contributed by atoms with Crippen LogP contribution in [0.15, 0.2) is 71.7 Å². The van der Waals surface area contributed by atoms with Crippen LogP contribution in [0.4, 0.5) is 0 Å². The van der Waals surface area contributed by atoms with Gasteiger partial charge in [-0.05, 0) is 48.2 Å². The van der Waals surface area contributed by atoms with Gasteiger partial charge in [-0.2, -0.15) is 0 Å². The molecule has 0 bridgehead atoms. The maximum absolute atomic E-state index is 11.8. The standard InChI is InChI=1S/C24H26N2O2/c1-24(2)14-21-13-20(10-11-22(21)28-24)16-25-15-18-6-8-19(9-7-18)17-26-12-4-3-5-23(26)27/h3-13,25H,14-17H2,1-2H3. The molecule has 0 saturated carbocycles. The molecule has 0 atom stereocenters. The summed E-state index contributed by atoms with van der Waals surface area (Å²) in [6.07, 6.45) is 2.78. The topological polar surface area (TPSA) is 43.3 Å². The van der Waals surface area contributed by atoms with Crippen LogP contribution in [0.2, 0.25) is 0 Å². The van der Waals surface area contributed by atoms with E-state index < -0.39 is 0 Å². The van der Waals surface area contributed by atoms with Gasteiger partial charge in [-0.3, -0.25) is 4.79 Å². The maximum atomic E-state index is 11.8. The van der Waals surface area contributed by atoms with Gasteiger partial charge < -0.3 is 14.6 Å². The van der Waals surface area contributed by atoms with Crippen LogP contribution in [0.5, 0.6) is 5.75 Å². The van der Waals surface area contributed by atoms with Crippen molar-refractivity contribution in [3.63, 3.8) is 0 Å². The minimum atomic E-state index is -0.0962. The molecule has 0 saturated heterocycles. The number of rotatable bonds is 6. The Labute approximate surface area is 165 Å². The van der Waals surface area contributed by atoms with Gasteiger partial charge in [-0.25, -0.2) is 0 Å². The fraction of sp³-hybridized carbons (Fsp3) is 0.292. The predicted molar refractivity (Wildman–Crippen MR) is 112 cm³/mol. The van der Waals surface area contributed by atoms with E-state index in [0.717, 1.165) is 30.8 Å². The van der Waals surface area contributed by atoms with Crippen LogP contribution in [0.1, 0.15) is 36.1 Å². The van der Waals surface area contributed by atoms with Gasteiger partial charge >= 0.3 is 0 Å². The van der Waals surface area contributed by atoms with Gasteiger partial charge in [0.2, 0.25) is 0 Å². The molecule has 1 aromatic heterocycles. The third-order valence-electron chi connectivity index (χ3n) is 5.06. The van der Waals surface area contributed by atoms with Crippen molar-refractivity contribution in [3.05, 3.63) is 99.5 Å². The van der Waals surface area contributed by atoms with Crippen molar-refractivity contribution in [2.24, 2.45) is 0 Å². The fourth-order valence-electron chi connectivity index (χ4n) is 3.67. The molecule has 2 heterocycles. The first-order chi connectivity index (χ1) is 13.5. The Morgan fingerprint density at radius 2 is 1.68 bits per heavy atom. The van der Waals surface area contributed by atoms with Gasteiger partial charge in [0.15, 0.2) is 0 Å². The zero-order chi connectivity index (χ0) is 19.6. The van der Waals surface area contributed by atoms with Crippen LogP contribution in [0.3, 0.4) is 0 Å². The molecule has 0 amide bonds. The summed E-state index contributed by atoms with van der Waals surface area (Å²) in [5.41, 5.74) is 4.86. The Morgan fingerprint density at radius 3 is 2.46 bits per heavy atom. The van der Waals surface area contributed by atoms with E-state index in [0.29, 0.717) is 6.54 Å².